The molecule has 0 aliphatic heterocycles. The fourth-order valence-electron chi connectivity index (χ4n) is 3.34. The monoisotopic (exact) mass is 563 g/mol. The first-order chi connectivity index (χ1) is 18.5. The molecular formula is C24H21F4N7O3S. The number of alkyl halides is 3. The molecule has 0 saturated heterocycles. The Kier molecular flexibility index (Phi) is 8.32. The molecule has 2 heterocycles. The number of aliphatic hydroxyl groups excluding tert-OH is 1. The molecule has 4 rings (SSSR count). The highest BCUT2D eigenvalue weighted by Crippen LogP contribution is 2.34. The van der Waals surface area contributed by atoms with Gasteiger partial charge >= 0.3 is 6.18 Å². The topological polar surface area (TPSA) is 136 Å². The van der Waals surface area contributed by atoms with Gasteiger partial charge in [-0.05, 0) is 42.5 Å². The zero-order valence-electron chi connectivity index (χ0n) is 20.1. The van der Waals surface area contributed by atoms with Crippen molar-refractivity contribution in [3.63, 3.8) is 0 Å². The lowest BCUT2D eigenvalue weighted by Crippen LogP contribution is -2.23. The van der Waals surface area contributed by atoms with E-state index in [1.165, 1.54) is 6.33 Å². The highest BCUT2D eigenvalue weighted by molar-refractivity contribution is 7.10. The summed E-state index contributed by atoms with van der Waals surface area (Å²) in [5.41, 5.74) is -0.564. The number of benzene rings is 2. The standard InChI is InChI=1S/C24H21F4N7O3S/c1-35(9-8-20(36)37)19-11-18(29-12-30-19)31-15-5-2-13(3-6-15)22(38)33-23-32-21(34-39-23)14-4-7-17(25)16(10-14)24(26,27)28/h2-7,10-12,20,36-37H,8-9H2,1H3,(H,29,30,31)(H,32,33,34,38). The smallest absolute Gasteiger partial charge is 0.368 e. The number of hydrogen-bond donors (Lipinski definition) is 4. The number of nitrogens with one attached hydrogen (secondary N) is 2. The number of aromatic nitrogens is 4. The van der Waals surface area contributed by atoms with Gasteiger partial charge < -0.3 is 20.4 Å². The quantitative estimate of drug-likeness (QED) is 0.174. The highest BCUT2D eigenvalue weighted by atomic mass is 32.1. The summed E-state index contributed by atoms with van der Waals surface area (Å²) >= 11 is 0.772. The van der Waals surface area contributed by atoms with E-state index in [0.717, 1.165) is 17.6 Å². The Morgan fingerprint density at radius 1 is 1.10 bits per heavy atom. The Hall–Kier alpha value is -4.21. The molecule has 0 bridgehead atoms. The molecule has 4 N–H and O–H groups in total. The van der Waals surface area contributed by atoms with Crippen LogP contribution >= 0.6 is 11.5 Å². The van der Waals surface area contributed by atoms with Gasteiger partial charge in [0.2, 0.25) is 5.13 Å². The molecule has 39 heavy (non-hydrogen) atoms. The molecule has 0 radical (unpaired) electrons. The van der Waals surface area contributed by atoms with Gasteiger partial charge in [-0.25, -0.2) is 14.4 Å². The molecule has 0 unspecified atom stereocenters. The van der Waals surface area contributed by atoms with Crippen molar-refractivity contribution in [1.82, 2.24) is 19.3 Å². The first-order valence-corrected chi connectivity index (χ1v) is 12.1. The fraction of sp³-hybridized carbons (Fsp3) is 0.208. The molecule has 0 spiro atoms. The number of aliphatic hydroxyl groups is 2. The maximum Gasteiger partial charge on any atom is 0.419 e. The molecule has 0 saturated carbocycles. The van der Waals surface area contributed by atoms with Crippen LogP contribution in [0.5, 0.6) is 0 Å². The van der Waals surface area contributed by atoms with Crippen LogP contribution in [0.2, 0.25) is 0 Å². The van der Waals surface area contributed by atoms with E-state index in [1.54, 1.807) is 42.3 Å². The van der Waals surface area contributed by atoms with E-state index in [1.807, 2.05) is 0 Å². The second-order valence-electron chi connectivity index (χ2n) is 8.22. The Bertz CT molecular complexity index is 1450. The number of rotatable bonds is 9. The number of hydrogen-bond acceptors (Lipinski definition) is 10. The van der Waals surface area contributed by atoms with E-state index >= 15 is 0 Å². The summed E-state index contributed by atoms with van der Waals surface area (Å²) in [5.74, 6) is -0.960. The average molecular weight is 564 g/mol. The first-order valence-electron chi connectivity index (χ1n) is 11.3. The summed E-state index contributed by atoms with van der Waals surface area (Å²) in [6.07, 6.45) is -4.78. The van der Waals surface area contributed by atoms with Gasteiger partial charge in [-0.3, -0.25) is 10.1 Å². The number of amides is 1. The van der Waals surface area contributed by atoms with Crippen molar-refractivity contribution in [2.45, 2.75) is 18.9 Å². The molecule has 2 aromatic heterocycles. The lowest BCUT2D eigenvalue weighted by atomic mass is 10.1. The third-order valence-electron chi connectivity index (χ3n) is 5.36. The number of carbonyl (C=O) groups is 1. The summed E-state index contributed by atoms with van der Waals surface area (Å²) in [6, 6.07) is 10.5. The Labute approximate surface area is 223 Å². The summed E-state index contributed by atoms with van der Waals surface area (Å²) in [7, 11) is 1.75. The van der Waals surface area contributed by atoms with Gasteiger partial charge in [-0.1, -0.05) is 0 Å². The molecule has 204 valence electrons. The van der Waals surface area contributed by atoms with Gasteiger partial charge in [0.05, 0.1) is 5.56 Å². The first kappa shape index (κ1) is 27.8. The largest absolute Gasteiger partial charge is 0.419 e. The normalized spacial score (nSPS) is 11.5. The Balaban J connectivity index is 1.39. The number of halogens is 4. The molecule has 0 aliphatic carbocycles. The van der Waals surface area contributed by atoms with Gasteiger partial charge in [0.1, 0.15) is 23.8 Å². The van der Waals surface area contributed by atoms with E-state index in [2.05, 4.69) is 30.0 Å². The van der Waals surface area contributed by atoms with Gasteiger partial charge in [-0.2, -0.15) is 22.5 Å². The van der Waals surface area contributed by atoms with Crippen LogP contribution in [0.3, 0.4) is 0 Å². The van der Waals surface area contributed by atoms with Crippen molar-refractivity contribution in [3.05, 3.63) is 71.8 Å². The molecule has 10 nitrogen and oxygen atoms in total. The van der Waals surface area contributed by atoms with Crippen LogP contribution in [0.4, 0.5) is 40.0 Å². The molecule has 0 fully saturated rings. The van der Waals surface area contributed by atoms with E-state index in [-0.39, 0.29) is 28.5 Å². The van der Waals surface area contributed by atoms with Crippen LogP contribution < -0.4 is 15.5 Å². The summed E-state index contributed by atoms with van der Waals surface area (Å²) in [4.78, 5) is 26.7. The van der Waals surface area contributed by atoms with Crippen molar-refractivity contribution in [2.75, 3.05) is 29.1 Å². The third kappa shape index (κ3) is 7.22. The average Bonchev–Trinajstić information content (AvgIpc) is 3.35. The van der Waals surface area contributed by atoms with E-state index in [4.69, 9.17) is 10.2 Å². The van der Waals surface area contributed by atoms with Crippen molar-refractivity contribution in [3.8, 4) is 11.4 Å². The highest BCUT2D eigenvalue weighted by Gasteiger charge is 2.34. The summed E-state index contributed by atoms with van der Waals surface area (Å²) in [6.45, 7) is 0.368. The van der Waals surface area contributed by atoms with Gasteiger partial charge in [-0.15, -0.1) is 0 Å². The molecule has 2 aromatic carbocycles. The predicted octanol–water partition coefficient (Wildman–Crippen LogP) is 4.29. The predicted molar refractivity (Wildman–Crippen MR) is 136 cm³/mol. The molecular weight excluding hydrogens is 542 g/mol. The number of carbonyl (C=O) groups excluding carboxylic acids is 1. The summed E-state index contributed by atoms with van der Waals surface area (Å²) in [5, 5.41) is 23.8. The number of anilines is 4. The van der Waals surface area contributed by atoms with Crippen molar-refractivity contribution >= 4 is 39.9 Å². The minimum Gasteiger partial charge on any atom is -0.368 e. The maximum atomic E-state index is 13.6. The molecule has 1 amide bonds. The van der Waals surface area contributed by atoms with Gasteiger partial charge in [0.15, 0.2) is 12.1 Å². The zero-order chi connectivity index (χ0) is 28.2. The maximum absolute atomic E-state index is 13.6. The van der Waals surface area contributed by atoms with E-state index < -0.39 is 29.8 Å². The molecule has 0 aliphatic rings. The van der Waals surface area contributed by atoms with E-state index in [0.29, 0.717) is 36.0 Å². The third-order valence-corrected chi connectivity index (χ3v) is 5.99. The van der Waals surface area contributed by atoms with Crippen molar-refractivity contribution < 1.29 is 32.6 Å². The van der Waals surface area contributed by atoms with Crippen LogP contribution in [0.15, 0.2) is 54.9 Å². The lowest BCUT2D eigenvalue weighted by Gasteiger charge is -2.19. The molecule has 0 atom stereocenters. The Morgan fingerprint density at radius 3 is 2.54 bits per heavy atom. The van der Waals surface area contributed by atoms with Crippen LogP contribution in [0.1, 0.15) is 22.3 Å². The van der Waals surface area contributed by atoms with Crippen molar-refractivity contribution in [1.29, 1.82) is 0 Å². The van der Waals surface area contributed by atoms with Crippen molar-refractivity contribution in [2.24, 2.45) is 0 Å². The minimum atomic E-state index is -4.87. The summed E-state index contributed by atoms with van der Waals surface area (Å²) < 4.78 is 56.5. The van der Waals surface area contributed by atoms with Gasteiger partial charge in [0, 0.05) is 54.4 Å². The molecule has 15 heteroatoms. The lowest BCUT2D eigenvalue weighted by molar-refractivity contribution is -0.139. The SMILES string of the molecule is CN(CCC(O)O)c1cc(Nc2ccc(C(=O)Nc3nc(-c4ccc(F)c(C(F)(F)F)c4)ns3)cc2)ncn1. The van der Waals surface area contributed by atoms with Crippen LogP contribution in [0.25, 0.3) is 11.4 Å². The zero-order valence-corrected chi connectivity index (χ0v) is 21.0. The van der Waals surface area contributed by atoms with Crippen LogP contribution in [-0.4, -0.2) is 55.3 Å². The number of nitrogens with zero attached hydrogens (tertiary/aromatic N) is 5. The Morgan fingerprint density at radius 2 is 1.85 bits per heavy atom. The molecule has 4 aromatic rings. The van der Waals surface area contributed by atoms with E-state index in [9.17, 15) is 22.4 Å². The second-order valence-corrected chi connectivity index (χ2v) is 8.98. The van der Waals surface area contributed by atoms with Gasteiger partial charge in [0.25, 0.3) is 5.91 Å². The minimum absolute atomic E-state index is 0.0408. The van der Waals surface area contributed by atoms with Crippen LogP contribution in [0, 0.1) is 5.82 Å². The second kappa shape index (κ2) is 11.7. The fourth-order valence-corrected chi connectivity index (χ4v) is 3.93. The van der Waals surface area contributed by atoms with Crippen LogP contribution in [-0.2, 0) is 6.18 Å².